The van der Waals surface area contributed by atoms with Crippen molar-refractivity contribution in [3.05, 3.63) is 47.8 Å². The predicted octanol–water partition coefficient (Wildman–Crippen LogP) is 2.04. The second-order valence-corrected chi connectivity index (χ2v) is 6.88. The van der Waals surface area contributed by atoms with Gasteiger partial charge in [-0.1, -0.05) is 0 Å². The topological polar surface area (TPSA) is 93.7 Å². The predicted molar refractivity (Wildman–Crippen MR) is 89.7 cm³/mol. The minimum absolute atomic E-state index is 0.161. The second kappa shape index (κ2) is 8.27. The molecule has 0 unspecified atom stereocenters. The van der Waals surface area contributed by atoms with E-state index in [-0.39, 0.29) is 10.6 Å². The molecule has 0 spiro atoms. The van der Waals surface area contributed by atoms with Gasteiger partial charge in [0.2, 0.25) is 15.9 Å². The summed E-state index contributed by atoms with van der Waals surface area (Å²) in [4.78, 5) is 11.6. The Kier molecular flexibility index (Phi) is 6.28. The number of rotatable bonds is 7. The van der Waals surface area contributed by atoms with Gasteiger partial charge in [0.15, 0.2) is 29.0 Å². The average Bonchev–Trinajstić information content (AvgIpc) is 2.66. The summed E-state index contributed by atoms with van der Waals surface area (Å²) in [5.74, 6) is -5.27. The van der Waals surface area contributed by atoms with Gasteiger partial charge >= 0.3 is 0 Å². The summed E-state index contributed by atoms with van der Waals surface area (Å²) in [6, 6.07) is 5.23. The van der Waals surface area contributed by atoms with Crippen molar-refractivity contribution in [2.24, 2.45) is 0 Å². The molecule has 0 saturated heterocycles. The highest BCUT2D eigenvalue weighted by atomic mass is 32.2. The molecule has 2 N–H and O–H groups in total. The van der Waals surface area contributed by atoms with Crippen LogP contribution in [-0.2, 0) is 14.8 Å². The number of anilines is 1. The molecular formula is C16H15F3N2O5S. The van der Waals surface area contributed by atoms with E-state index >= 15 is 0 Å². The first kappa shape index (κ1) is 20.5. The third-order valence-corrected chi connectivity index (χ3v) is 4.80. The molecular weight excluding hydrogens is 389 g/mol. The van der Waals surface area contributed by atoms with Crippen molar-refractivity contribution < 1.29 is 35.9 Å². The fraction of sp³-hybridized carbons (Fsp3) is 0.188. The summed E-state index contributed by atoms with van der Waals surface area (Å²) in [6.45, 7) is -0.769. The molecule has 0 radical (unpaired) electrons. The van der Waals surface area contributed by atoms with Gasteiger partial charge in [-0.25, -0.2) is 26.3 Å². The zero-order valence-corrected chi connectivity index (χ0v) is 15.0. The first-order chi connectivity index (χ1) is 12.7. The van der Waals surface area contributed by atoms with Crippen molar-refractivity contribution in [3.63, 3.8) is 0 Å². The normalized spacial score (nSPS) is 11.1. The fourth-order valence-corrected chi connectivity index (χ4v) is 3.04. The Bertz CT molecular complexity index is 967. The SMILES string of the molecule is COc1ccc(S(=O)(=O)NCC(=O)Nc2ccc(F)c(F)c2F)cc1OC. The average molecular weight is 404 g/mol. The number of hydrogen-bond donors (Lipinski definition) is 2. The standard InChI is InChI=1S/C16H15F3N2O5S/c1-25-12-6-3-9(7-13(12)26-2)27(23,24)20-8-14(22)21-11-5-4-10(17)15(18)16(11)19/h3-7,20H,8H2,1-2H3,(H,21,22). The van der Waals surface area contributed by atoms with E-state index < -0.39 is 45.6 Å². The highest BCUT2D eigenvalue weighted by Gasteiger charge is 2.20. The lowest BCUT2D eigenvalue weighted by Crippen LogP contribution is -2.33. The molecule has 146 valence electrons. The Morgan fingerprint density at radius 1 is 1.00 bits per heavy atom. The molecule has 2 aromatic rings. The van der Waals surface area contributed by atoms with Gasteiger partial charge < -0.3 is 14.8 Å². The van der Waals surface area contributed by atoms with E-state index in [9.17, 15) is 26.4 Å². The maximum Gasteiger partial charge on any atom is 0.241 e. The van der Waals surface area contributed by atoms with Crippen molar-refractivity contribution in [3.8, 4) is 11.5 Å². The van der Waals surface area contributed by atoms with Gasteiger partial charge in [-0.2, -0.15) is 0 Å². The zero-order chi connectivity index (χ0) is 20.2. The number of carbonyl (C=O) groups excluding carboxylic acids is 1. The molecule has 11 heteroatoms. The summed E-state index contributed by atoms with van der Waals surface area (Å²) >= 11 is 0. The van der Waals surface area contributed by atoms with Crippen LogP contribution in [0.1, 0.15) is 0 Å². The van der Waals surface area contributed by atoms with Crippen LogP contribution in [0.25, 0.3) is 0 Å². The summed E-state index contributed by atoms with van der Waals surface area (Å²) in [6.07, 6.45) is 0. The Morgan fingerprint density at radius 2 is 1.67 bits per heavy atom. The molecule has 0 aromatic heterocycles. The van der Waals surface area contributed by atoms with Crippen LogP contribution in [0.5, 0.6) is 11.5 Å². The summed E-state index contributed by atoms with van der Waals surface area (Å²) in [5, 5.41) is 1.95. The van der Waals surface area contributed by atoms with Gasteiger partial charge in [0.05, 0.1) is 31.3 Å². The van der Waals surface area contributed by atoms with Crippen LogP contribution < -0.4 is 19.5 Å². The monoisotopic (exact) mass is 404 g/mol. The van der Waals surface area contributed by atoms with Gasteiger partial charge in [0.1, 0.15) is 0 Å². The lowest BCUT2D eigenvalue weighted by molar-refractivity contribution is -0.115. The molecule has 2 aromatic carbocycles. The van der Waals surface area contributed by atoms with Crippen LogP contribution in [0.4, 0.5) is 18.9 Å². The van der Waals surface area contributed by atoms with Crippen LogP contribution in [0, 0.1) is 17.5 Å². The van der Waals surface area contributed by atoms with E-state index in [1.54, 1.807) is 0 Å². The molecule has 0 bridgehead atoms. The smallest absolute Gasteiger partial charge is 0.241 e. The molecule has 0 fully saturated rings. The van der Waals surface area contributed by atoms with Crippen LogP contribution >= 0.6 is 0 Å². The summed E-state index contributed by atoms with van der Waals surface area (Å²) in [5.41, 5.74) is -0.621. The van der Waals surface area contributed by atoms with Crippen molar-refractivity contribution in [1.82, 2.24) is 4.72 Å². The van der Waals surface area contributed by atoms with Crippen molar-refractivity contribution in [1.29, 1.82) is 0 Å². The highest BCUT2D eigenvalue weighted by molar-refractivity contribution is 7.89. The molecule has 0 aliphatic heterocycles. The minimum atomic E-state index is -4.10. The number of sulfonamides is 1. The Morgan fingerprint density at radius 3 is 2.30 bits per heavy atom. The van der Waals surface area contributed by atoms with E-state index in [0.717, 1.165) is 6.07 Å². The van der Waals surface area contributed by atoms with Gasteiger partial charge in [-0.05, 0) is 24.3 Å². The lowest BCUT2D eigenvalue weighted by Gasteiger charge is -2.11. The minimum Gasteiger partial charge on any atom is -0.493 e. The molecule has 0 aliphatic rings. The Hall–Kier alpha value is -2.79. The van der Waals surface area contributed by atoms with Gasteiger partial charge in [-0.3, -0.25) is 4.79 Å². The lowest BCUT2D eigenvalue weighted by atomic mass is 10.3. The second-order valence-electron chi connectivity index (χ2n) is 5.11. The Balaban J connectivity index is 2.09. The fourth-order valence-electron chi connectivity index (χ4n) is 2.04. The molecule has 7 nitrogen and oxygen atoms in total. The first-order valence-electron chi connectivity index (χ1n) is 7.34. The van der Waals surface area contributed by atoms with E-state index in [0.29, 0.717) is 11.8 Å². The van der Waals surface area contributed by atoms with Gasteiger partial charge in [-0.15, -0.1) is 0 Å². The molecule has 0 atom stereocenters. The van der Waals surface area contributed by atoms with Crippen molar-refractivity contribution in [2.45, 2.75) is 4.90 Å². The van der Waals surface area contributed by atoms with Crippen LogP contribution in [0.3, 0.4) is 0 Å². The molecule has 2 rings (SSSR count). The van der Waals surface area contributed by atoms with Gasteiger partial charge in [0, 0.05) is 6.07 Å². The maximum atomic E-state index is 13.5. The van der Waals surface area contributed by atoms with Crippen LogP contribution in [0.2, 0.25) is 0 Å². The Labute approximate surface area is 153 Å². The van der Waals surface area contributed by atoms with Gasteiger partial charge in [0.25, 0.3) is 0 Å². The largest absolute Gasteiger partial charge is 0.493 e. The molecule has 0 heterocycles. The number of benzene rings is 2. The first-order valence-corrected chi connectivity index (χ1v) is 8.83. The third kappa shape index (κ3) is 4.68. The van der Waals surface area contributed by atoms with Crippen molar-refractivity contribution in [2.75, 3.05) is 26.1 Å². The van der Waals surface area contributed by atoms with Crippen LogP contribution in [-0.4, -0.2) is 35.1 Å². The molecule has 27 heavy (non-hydrogen) atoms. The summed E-state index contributed by atoms with van der Waals surface area (Å²) < 4.78 is 76.0. The third-order valence-electron chi connectivity index (χ3n) is 3.40. The van der Waals surface area contributed by atoms with E-state index in [1.165, 1.54) is 32.4 Å². The van der Waals surface area contributed by atoms with Crippen LogP contribution in [0.15, 0.2) is 35.2 Å². The highest BCUT2D eigenvalue weighted by Crippen LogP contribution is 2.29. The number of carbonyl (C=O) groups is 1. The van der Waals surface area contributed by atoms with E-state index in [4.69, 9.17) is 9.47 Å². The number of halogens is 3. The number of hydrogen-bond acceptors (Lipinski definition) is 5. The number of methoxy groups -OCH3 is 2. The quantitative estimate of drug-likeness (QED) is 0.689. The molecule has 1 amide bonds. The van der Waals surface area contributed by atoms with E-state index in [1.807, 2.05) is 10.0 Å². The molecule has 0 saturated carbocycles. The number of ether oxygens (including phenoxy) is 2. The van der Waals surface area contributed by atoms with E-state index in [2.05, 4.69) is 0 Å². The van der Waals surface area contributed by atoms with Crippen molar-refractivity contribution >= 4 is 21.6 Å². The molecule has 0 aliphatic carbocycles. The zero-order valence-electron chi connectivity index (χ0n) is 14.2. The maximum absolute atomic E-state index is 13.5. The number of nitrogens with one attached hydrogen (secondary N) is 2. The number of amides is 1. The summed E-state index contributed by atoms with van der Waals surface area (Å²) in [7, 11) is -1.40.